The molecule has 6 nitrogen and oxygen atoms in total. The maximum Gasteiger partial charge on any atom is 0.272 e. The molecule has 1 unspecified atom stereocenters. The van der Waals surface area contributed by atoms with Crippen LogP contribution in [0.5, 0.6) is 0 Å². The highest BCUT2D eigenvalue weighted by atomic mass is 16.2. The summed E-state index contributed by atoms with van der Waals surface area (Å²) in [7, 11) is 1.76. The fourth-order valence-electron chi connectivity index (χ4n) is 2.41. The van der Waals surface area contributed by atoms with E-state index < -0.39 is 0 Å². The predicted octanol–water partition coefficient (Wildman–Crippen LogP) is 0.333. The summed E-state index contributed by atoms with van der Waals surface area (Å²) < 4.78 is 1.60. The zero-order valence-corrected chi connectivity index (χ0v) is 11.6. The lowest BCUT2D eigenvalue weighted by molar-refractivity contribution is -0.127. The van der Waals surface area contributed by atoms with Gasteiger partial charge in [0, 0.05) is 20.1 Å². The van der Waals surface area contributed by atoms with Crippen molar-refractivity contribution in [1.29, 1.82) is 0 Å². The van der Waals surface area contributed by atoms with E-state index in [1.165, 1.54) is 0 Å². The average Bonchev–Trinajstić information content (AvgIpc) is 2.79. The van der Waals surface area contributed by atoms with E-state index in [-0.39, 0.29) is 17.9 Å². The van der Waals surface area contributed by atoms with Crippen molar-refractivity contribution in [1.82, 2.24) is 20.0 Å². The quantitative estimate of drug-likeness (QED) is 0.855. The van der Waals surface area contributed by atoms with E-state index in [0.717, 1.165) is 12.1 Å². The van der Waals surface area contributed by atoms with Crippen LogP contribution in [0.4, 0.5) is 0 Å². The molecule has 1 aliphatic rings. The predicted molar refractivity (Wildman–Crippen MR) is 70.7 cm³/mol. The number of nitrogens with one attached hydrogen (secondary N) is 1. The van der Waals surface area contributed by atoms with Gasteiger partial charge in [-0.05, 0) is 18.9 Å². The molecule has 2 amide bonds. The number of carbonyl (C=O) groups excluding carboxylic acids is 2. The van der Waals surface area contributed by atoms with Gasteiger partial charge in [0.15, 0.2) is 0 Å². The second-order valence-electron chi connectivity index (χ2n) is 4.71. The van der Waals surface area contributed by atoms with Gasteiger partial charge in [0.25, 0.3) is 5.91 Å². The summed E-state index contributed by atoms with van der Waals surface area (Å²) in [6.07, 6.45) is 1.41. The number of hydrogen-bond acceptors (Lipinski definition) is 3. The van der Waals surface area contributed by atoms with Crippen LogP contribution in [0.15, 0.2) is 6.07 Å². The SMILES string of the molecule is CCc1cc(C(=O)N2CCNC(=O)C2CC)n(C)n1. The van der Waals surface area contributed by atoms with Gasteiger partial charge in [-0.25, -0.2) is 0 Å². The van der Waals surface area contributed by atoms with Crippen molar-refractivity contribution in [3.8, 4) is 0 Å². The van der Waals surface area contributed by atoms with Crippen LogP contribution in [0.3, 0.4) is 0 Å². The Morgan fingerprint density at radius 2 is 2.26 bits per heavy atom. The lowest BCUT2D eigenvalue weighted by atomic mass is 10.1. The fourth-order valence-corrected chi connectivity index (χ4v) is 2.41. The summed E-state index contributed by atoms with van der Waals surface area (Å²) in [6, 6.07) is 1.43. The van der Waals surface area contributed by atoms with Gasteiger partial charge in [0.1, 0.15) is 11.7 Å². The minimum absolute atomic E-state index is 0.0695. The molecule has 1 aliphatic heterocycles. The summed E-state index contributed by atoms with van der Waals surface area (Å²) in [4.78, 5) is 26.0. The molecule has 1 aromatic rings. The maximum absolute atomic E-state index is 12.5. The molecule has 1 atom stereocenters. The molecule has 0 saturated carbocycles. The molecule has 1 N–H and O–H groups in total. The van der Waals surface area contributed by atoms with Crippen LogP contribution in [-0.2, 0) is 18.3 Å². The van der Waals surface area contributed by atoms with E-state index in [1.54, 1.807) is 16.6 Å². The first-order chi connectivity index (χ1) is 9.08. The van der Waals surface area contributed by atoms with Gasteiger partial charge in [-0.1, -0.05) is 13.8 Å². The topological polar surface area (TPSA) is 67.2 Å². The molecule has 0 aliphatic carbocycles. The van der Waals surface area contributed by atoms with Crippen molar-refractivity contribution in [2.75, 3.05) is 13.1 Å². The Hall–Kier alpha value is -1.85. The molecule has 0 aromatic carbocycles. The number of piperazine rings is 1. The second-order valence-corrected chi connectivity index (χ2v) is 4.71. The third-order valence-corrected chi connectivity index (χ3v) is 3.49. The van der Waals surface area contributed by atoms with E-state index in [9.17, 15) is 9.59 Å². The average molecular weight is 264 g/mol. The van der Waals surface area contributed by atoms with Crippen molar-refractivity contribution >= 4 is 11.8 Å². The van der Waals surface area contributed by atoms with Crippen LogP contribution in [0.1, 0.15) is 36.5 Å². The smallest absolute Gasteiger partial charge is 0.272 e. The van der Waals surface area contributed by atoms with Crippen LogP contribution in [-0.4, -0.2) is 45.6 Å². The normalized spacial score (nSPS) is 19.4. The maximum atomic E-state index is 12.5. The molecule has 6 heteroatoms. The van der Waals surface area contributed by atoms with Crippen LogP contribution in [0.25, 0.3) is 0 Å². The Kier molecular flexibility index (Phi) is 3.87. The highest BCUT2D eigenvalue weighted by molar-refractivity contribution is 5.97. The summed E-state index contributed by atoms with van der Waals surface area (Å²) in [5, 5.41) is 7.08. The van der Waals surface area contributed by atoms with Crippen LogP contribution < -0.4 is 5.32 Å². The van der Waals surface area contributed by atoms with Gasteiger partial charge < -0.3 is 10.2 Å². The molecule has 104 valence electrons. The van der Waals surface area contributed by atoms with Crippen LogP contribution >= 0.6 is 0 Å². The molecule has 0 spiro atoms. The Morgan fingerprint density at radius 1 is 1.53 bits per heavy atom. The Balaban J connectivity index is 2.26. The molecule has 19 heavy (non-hydrogen) atoms. The molecule has 2 heterocycles. The second kappa shape index (κ2) is 5.42. The summed E-state index contributed by atoms with van der Waals surface area (Å²) in [6.45, 7) is 4.98. The van der Waals surface area contributed by atoms with Crippen LogP contribution in [0.2, 0.25) is 0 Å². The number of hydrogen-bond donors (Lipinski definition) is 1. The van der Waals surface area contributed by atoms with Gasteiger partial charge in [-0.3, -0.25) is 14.3 Å². The van der Waals surface area contributed by atoms with Crippen molar-refractivity contribution < 1.29 is 9.59 Å². The van der Waals surface area contributed by atoms with Gasteiger partial charge in [-0.15, -0.1) is 0 Å². The summed E-state index contributed by atoms with van der Waals surface area (Å²) >= 11 is 0. The highest BCUT2D eigenvalue weighted by Gasteiger charge is 2.33. The lowest BCUT2D eigenvalue weighted by Gasteiger charge is -2.34. The number of carbonyl (C=O) groups is 2. The number of aromatic nitrogens is 2. The van der Waals surface area contributed by atoms with Gasteiger partial charge in [0.05, 0.1) is 5.69 Å². The highest BCUT2D eigenvalue weighted by Crippen LogP contribution is 2.14. The van der Waals surface area contributed by atoms with Gasteiger partial charge in [-0.2, -0.15) is 5.10 Å². The molecule has 0 bridgehead atoms. The Labute approximate surface area is 112 Å². The first-order valence-electron chi connectivity index (χ1n) is 6.70. The van der Waals surface area contributed by atoms with Crippen molar-refractivity contribution in [2.45, 2.75) is 32.7 Å². The molecule has 0 radical (unpaired) electrons. The van der Waals surface area contributed by atoms with E-state index in [2.05, 4.69) is 10.4 Å². The number of nitrogens with zero attached hydrogens (tertiary/aromatic N) is 3. The first-order valence-corrected chi connectivity index (χ1v) is 6.70. The zero-order valence-electron chi connectivity index (χ0n) is 11.6. The van der Waals surface area contributed by atoms with Crippen molar-refractivity contribution in [2.24, 2.45) is 7.05 Å². The standard InChI is InChI=1S/C13H20N4O2/c1-4-9-8-11(16(3)15-9)13(19)17-7-6-14-12(18)10(17)5-2/h8,10H,4-7H2,1-3H3,(H,14,18). The number of rotatable bonds is 3. The molecular formula is C13H20N4O2. The first kappa shape index (κ1) is 13.6. The van der Waals surface area contributed by atoms with E-state index in [0.29, 0.717) is 25.2 Å². The van der Waals surface area contributed by atoms with E-state index >= 15 is 0 Å². The lowest BCUT2D eigenvalue weighted by Crippen LogP contribution is -2.57. The van der Waals surface area contributed by atoms with Gasteiger partial charge >= 0.3 is 0 Å². The van der Waals surface area contributed by atoms with E-state index in [4.69, 9.17) is 0 Å². The van der Waals surface area contributed by atoms with E-state index in [1.807, 2.05) is 19.9 Å². The van der Waals surface area contributed by atoms with Gasteiger partial charge in [0.2, 0.25) is 5.91 Å². The number of amides is 2. The third kappa shape index (κ3) is 2.47. The van der Waals surface area contributed by atoms with Crippen molar-refractivity contribution in [3.63, 3.8) is 0 Å². The Morgan fingerprint density at radius 3 is 2.84 bits per heavy atom. The molecule has 1 saturated heterocycles. The van der Waals surface area contributed by atoms with Crippen molar-refractivity contribution in [3.05, 3.63) is 17.5 Å². The Bertz CT molecular complexity index is 495. The molecule has 2 rings (SSSR count). The fraction of sp³-hybridized carbons (Fsp3) is 0.615. The molecular weight excluding hydrogens is 244 g/mol. The summed E-state index contributed by atoms with van der Waals surface area (Å²) in [5.41, 5.74) is 1.44. The van der Waals surface area contributed by atoms with Crippen LogP contribution in [0, 0.1) is 0 Å². The minimum Gasteiger partial charge on any atom is -0.353 e. The zero-order chi connectivity index (χ0) is 14.0. The minimum atomic E-state index is -0.374. The summed E-state index contributed by atoms with van der Waals surface area (Å²) in [5.74, 6) is -0.184. The number of aryl methyl sites for hydroxylation is 2. The monoisotopic (exact) mass is 264 g/mol. The third-order valence-electron chi connectivity index (χ3n) is 3.49. The molecule has 1 aromatic heterocycles. The molecule has 1 fully saturated rings. The largest absolute Gasteiger partial charge is 0.353 e.